The van der Waals surface area contributed by atoms with Crippen molar-refractivity contribution in [1.29, 1.82) is 0 Å². The van der Waals surface area contributed by atoms with Gasteiger partial charge in [0.15, 0.2) is 0 Å². The zero-order valence-electron chi connectivity index (χ0n) is 12.6. The lowest BCUT2D eigenvalue weighted by Crippen LogP contribution is -2.25. The van der Waals surface area contributed by atoms with Crippen LogP contribution in [-0.2, 0) is 0 Å². The summed E-state index contributed by atoms with van der Waals surface area (Å²) in [5, 5.41) is 21.5. The number of nitrogens with zero attached hydrogens (tertiary/aromatic N) is 4. The van der Waals surface area contributed by atoms with Crippen molar-refractivity contribution in [2.24, 2.45) is 0 Å². The van der Waals surface area contributed by atoms with Crippen LogP contribution in [0.1, 0.15) is 30.6 Å². The smallest absolute Gasteiger partial charge is 0.137 e. The molecule has 6 nitrogen and oxygen atoms in total. The maximum Gasteiger partial charge on any atom is 0.137 e. The zero-order chi connectivity index (χ0) is 15.5. The monoisotopic (exact) mass is 297 g/mol. The molecule has 114 valence electrons. The van der Waals surface area contributed by atoms with E-state index < -0.39 is 6.10 Å². The molecule has 0 aliphatic carbocycles. The lowest BCUT2D eigenvalue weighted by Gasteiger charge is -2.22. The second-order valence-corrected chi connectivity index (χ2v) is 5.33. The summed E-state index contributed by atoms with van der Waals surface area (Å²) in [6, 6.07) is 7.89. The number of aryl methyl sites for hydroxylation is 1. The van der Waals surface area contributed by atoms with Gasteiger partial charge in [-0.15, -0.1) is 0 Å². The molecule has 0 spiro atoms. The molecule has 2 heterocycles. The van der Waals surface area contributed by atoms with E-state index >= 15 is 0 Å². The van der Waals surface area contributed by atoms with E-state index in [0.29, 0.717) is 6.42 Å². The van der Waals surface area contributed by atoms with E-state index in [2.05, 4.69) is 20.3 Å². The number of aromatic nitrogens is 5. The summed E-state index contributed by atoms with van der Waals surface area (Å²) in [5.74, 6) is 0. The van der Waals surface area contributed by atoms with Crippen LogP contribution in [0.25, 0.3) is 11.1 Å². The standard InChI is InChI=1S/C16H19N5O/c1-3-15(22)16(21-10-17-9-19-21)13-6-4-12(5-7-13)14-8-18-20-11(14)2/h4-10,15-16,22H,3H2,1-2H3,(H,18,20). The van der Waals surface area contributed by atoms with Gasteiger partial charge < -0.3 is 5.11 Å². The Morgan fingerprint density at radius 1 is 1.27 bits per heavy atom. The lowest BCUT2D eigenvalue weighted by atomic mass is 9.97. The van der Waals surface area contributed by atoms with Crippen LogP contribution in [0.15, 0.2) is 43.1 Å². The Bertz CT molecular complexity index is 717. The summed E-state index contributed by atoms with van der Waals surface area (Å²) in [7, 11) is 0. The topological polar surface area (TPSA) is 79.6 Å². The van der Waals surface area contributed by atoms with Crippen molar-refractivity contribution >= 4 is 0 Å². The molecule has 2 aromatic heterocycles. The number of hydrogen-bond donors (Lipinski definition) is 2. The normalized spacial score (nSPS) is 14.0. The van der Waals surface area contributed by atoms with Crippen molar-refractivity contribution in [3.63, 3.8) is 0 Å². The zero-order valence-corrected chi connectivity index (χ0v) is 12.6. The third kappa shape index (κ3) is 2.65. The van der Waals surface area contributed by atoms with E-state index in [1.165, 1.54) is 6.33 Å². The fourth-order valence-corrected chi connectivity index (χ4v) is 2.64. The fraction of sp³-hybridized carbons (Fsp3) is 0.312. The average molecular weight is 297 g/mol. The lowest BCUT2D eigenvalue weighted by molar-refractivity contribution is 0.120. The summed E-state index contributed by atoms with van der Waals surface area (Å²) >= 11 is 0. The maximum atomic E-state index is 10.3. The minimum atomic E-state index is -0.511. The minimum absolute atomic E-state index is 0.230. The Morgan fingerprint density at radius 2 is 2.05 bits per heavy atom. The van der Waals surface area contributed by atoms with Gasteiger partial charge in [-0.25, -0.2) is 9.67 Å². The first kappa shape index (κ1) is 14.5. The quantitative estimate of drug-likeness (QED) is 0.757. The second-order valence-electron chi connectivity index (χ2n) is 5.33. The Balaban J connectivity index is 1.94. The molecule has 2 N–H and O–H groups in total. The van der Waals surface area contributed by atoms with Crippen LogP contribution in [0.3, 0.4) is 0 Å². The van der Waals surface area contributed by atoms with Gasteiger partial charge in [-0.05, 0) is 24.5 Å². The van der Waals surface area contributed by atoms with Gasteiger partial charge >= 0.3 is 0 Å². The largest absolute Gasteiger partial charge is 0.391 e. The van der Waals surface area contributed by atoms with Crippen molar-refractivity contribution < 1.29 is 5.11 Å². The number of H-pyrrole nitrogens is 1. The first-order chi connectivity index (χ1) is 10.7. The molecule has 2 unspecified atom stereocenters. The summed E-state index contributed by atoms with van der Waals surface area (Å²) in [6.07, 6.45) is 5.08. The number of aliphatic hydroxyl groups excluding tert-OH is 1. The molecule has 2 atom stereocenters. The Kier molecular flexibility index (Phi) is 4.02. The molecule has 6 heteroatoms. The maximum absolute atomic E-state index is 10.3. The van der Waals surface area contributed by atoms with Gasteiger partial charge in [-0.2, -0.15) is 10.2 Å². The highest BCUT2D eigenvalue weighted by Crippen LogP contribution is 2.27. The van der Waals surface area contributed by atoms with Gasteiger partial charge in [0.1, 0.15) is 18.7 Å². The van der Waals surface area contributed by atoms with E-state index in [0.717, 1.165) is 22.4 Å². The van der Waals surface area contributed by atoms with Crippen LogP contribution in [-0.4, -0.2) is 36.2 Å². The molecule has 0 amide bonds. The molecular weight excluding hydrogens is 278 g/mol. The van der Waals surface area contributed by atoms with Crippen molar-refractivity contribution in [3.05, 3.63) is 54.4 Å². The first-order valence-electron chi connectivity index (χ1n) is 7.33. The molecule has 0 aliphatic rings. The molecule has 0 bridgehead atoms. The number of rotatable bonds is 5. The van der Waals surface area contributed by atoms with Crippen molar-refractivity contribution in [1.82, 2.24) is 25.0 Å². The highest BCUT2D eigenvalue weighted by Gasteiger charge is 2.22. The van der Waals surface area contributed by atoms with Crippen molar-refractivity contribution in [2.45, 2.75) is 32.4 Å². The van der Waals surface area contributed by atoms with E-state index in [-0.39, 0.29) is 6.04 Å². The third-order valence-corrected chi connectivity index (χ3v) is 3.90. The van der Waals surface area contributed by atoms with Gasteiger partial charge in [0, 0.05) is 11.3 Å². The summed E-state index contributed by atoms with van der Waals surface area (Å²) in [5.41, 5.74) is 4.22. The van der Waals surface area contributed by atoms with E-state index in [9.17, 15) is 5.11 Å². The highest BCUT2D eigenvalue weighted by atomic mass is 16.3. The second kappa shape index (κ2) is 6.11. The molecule has 0 radical (unpaired) electrons. The minimum Gasteiger partial charge on any atom is -0.391 e. The summed E-state index contributed by atoms with van der Waals surface area (Å²) < 4.78 is 1.70. The fourth-order valence-electron chi connectivity index (χ4n) is 2.64. The first-order valence-corrected chi connectivity index (χ1v) is 7.33. The van der Waals surface area contributed by atoms with Gasteiger partial charge in [0.2, 0.25) is 0 Å². The Morgan fingerprint density at radius 3 is 2.59 bits per heavy atom. The molecule has 0 saturated carbocycles. The van der Waals surface area contributed by atoms with Crippen LogP contribution in [0.5, 0.6) is 0 Å². The highest BCUT2D eigenvalue weighted by molar-refractivity contribution is 5.65. The van der Waals surface area contributed by atoms with E-state index in [4.69, 9.17) is 0 Å². The van der Waals surface area contributed by atoms with Crippen LogP contribution in [0.2, 0.25) is 0 Å². The van der Waals surface area contributed by atoms with Crippen LogP contribution >= 0.6 is 0 Å². The van der Waals surface area contributed by atoms with Crippen LogP contribution in [0.4, 0.5) is 0 Å². The molecule has 22 heavy (non-hydrogen) atoms. The molecule has 1 aromatic carbocycles. The molecule has 3 rings (SSSR count). The molecule has 0 aliphatic heterocycles. The number of nitrogens with one attached hydrogen (secondary N) is 1. The summed E-state index contributed by atoms with van der Waals surface area (Å²) in [4.78, 5) is 3.98. The van der Waals surface area contributed by atoms with Gasteiger partial charge in [0.25, 0.3) is 0 Å². The number of aliphatic hydroxyl groups is 1. The van der Waals surface area contributed by atoms with E-state index in [1.54, 1.807) is 11.0 Å². The third-order valence-electron chi connectivity index (χ3n) is 3.90. The molecule has 0 saturated heterocycles. The number of hydrogen-bond acceptors (Lipinski definition) is 4. The van der Waals surface area contributed by atoms with Gasteiger partial charge in [-0.1, -0.05) is 31.2 Å². The van der Waals surface area contributed by atoms with Crippen molar-refractivity contribution in [3.8, 4) is 11.1 Å². The average Bonchev–Trinajstić information content (AvgIpc) is 3.20. The predicted molar refractivity (Wildman–Crippen MR) is 83.2 cm³/mol. The van der Waals surface area contributed by atoms with Gasteiger partial charge in [-0.3, -0.25) is 5.10 Å². The van der Waals surface area contributed by atoms with E-state index in [1.807, 2.05) is 44.3 Å². The molecule has 0 fully saturated rings. The van der Waals surface area contributed by atoms with Crippen LogP contribution in [0, 0.1) is 6.92 Å². The molecular formula is C16H19N5O. The SMILES string of the molecule is CCC(O)C(c1ccc(-c2cn[nH]c2C)cc1)n1cncn1. The predicted octanol–water partition coefficient (Wildman–Crippen LogP) is 2.34. The summed E-state index contributed by atoms with van der Waals surface area (Å²) in [6.45, 7) is 3.95. The number of benzene rings is 1. The number of aromatic amines is 1. The molecule has 3 aromatic rings. The Labute approximate surface area is 128 Å². The Hall–Kier alpha value is -2.47. The van der Waals surface area contributed by atoms with Crippen LogP contribution < -0.4 is 0 Å². The van der Waals surface area contributed by atoms with Crippen molar-refractivity contribution in [2.75, 3.05) is 0 Å². The van der Waals surface area contributed by atoms with Gasteiger partial charge in [0.05, 0.1) is 12.3 Å².